The standard InChI is InChI=1S/C20H31N3O2/c1-15(2)10-11-22-17-9-7-6-8-16(17)13-23(14-18(21)24)19(25)12-20(3,4)5/h6-9,22H,1,10-14H2,2-5H3,(H2,21,24). The van der Waals surface area contributed by atoms with Crippen molar-refractivity contribution in [3.8, 4) is 0 Å². The van der Waals surface area contributed by atoms with Crippen LogP contribution in [0.5, 0.6) is 0 Å². The highest BCUT2D eigenvalue weighted by Crippen LogP contribution is 2.22. The molecular formula is C20H31N3O2. The highest BCUT2D eigenvalue weighted by atomic mass is 16.2. The summed E-state index contributed by atoms with van der Waals surface area (Å²) < 4.78 is 0. The van der Waals surface area contributed by atoms with Gasteiger partial charge in [0.15, 0.2) is 0 Å². The van der Waals surface area contributed by atoms with Gasteiger partial charge in [0.25, 0.3) is 0 Å². The molecule has 0 unspecified atom stereocenters. The van der Waals surface area contributed by atoms with Crippen LogP contribution in [0.3, 0.4) is 0 Å². The average Bonchev–Trinajstić information content (AvgIpc) is 2.45. The molecule has 5 heteroatoms. The Hall–Kier alpha value is -2.30. The first-order valence-electron chi connectivity index (χ1n) is 8.61. The fraction of sp³-hybridized carbons (Fsp3) is 0.500. The minimum absolute atomic E-state index is 0.0666. The first-order chi connectivity index (χ1) is 11.6. The topological polar surface area (TPSA) is 75.4 Å². The van der Waals surface area contributed by atoms with Crippen molar-refractivity contribution in [3.63, 3.8) is 0 Å². The van der Waals surface area contributed by atoms with Crippen LogP contribution in [0.2, 0.25) is 0 Å². The van der Waals surface area contributed by atoms with Gasteiger partial charge in [0, 0.05) is 25.2 Å². The van der Waals surface area contributed by atoms with E-state index in [2.05, 4.69) is 11.9 Å². The largest absolute Gasteiger partial charge is 0.384 e. The summed E-state index contributed by atoms with van der Waals surface area (Å²) in [7, 11) is 0. The summed E-state index contributed by atoms with van der Waals surface area (Å²) in [6.45, 7) is 13.0. The summed E-state index contributed by atoms with van der Waals surface area (Å²) in [4.78, 5) is 25.5. The summed E-state index contributed by atoms with van der Waals surface area (Å²) in [5.74, 6) is -0.571. The number of rotatable bonds is 9. The van der Waals surface area contributed by atoms with Gasteiger partial charge < -0.3 is 16.0 Å². The smallest absolute Gasteiger partial charge is 0.237 e. The van der Waals surface area contributed by atoms with Gasteiger partial charge in [-0.3, -0.25) is 9.59 Å². The summed E-state index contributed by atoms with van der Waals surface area (Å²) in [6, 6.07) is 7.81. The number of para-hydroxylation sites is 1. The van der Waals surface area contributed by atoms with Gasteiger partial charge in [0.05, 0.1) is 6.54 Å². The van der Waals surface area contributed by atoms with Gasteiger partial charge in [-0.1, -0.05) is 44.5 Å². The van der Waals surface area contributed by atoms with E-state index < -0.39 is 5.91 Å². The number of benzene rings is 1. The zero-order valence-electron chi connectivity index (χ0n) is 15.9. The van der Waals surface area contributed by atoms with Crippen molar-refractivity contribution in [1.82, 2.24) is 4.90 Å². The van der Waals surface area contributed by atoms with Crippen molar-refractivity contribution >= 4 is 17.5 Å². The van der Waals surface area contributed by atoms with E-state index in [1.165, 1.54) is 4.90 Å². The van der Waals surface area contributed by atoms with E-state index >= 15 is 0 Å². The van der Waals surface area contributed by atoms with Gasteiger partial charge in [-0.25, -0.2) is 0 Å². The monoisotopic (exact) mass is 345 g/mol. The number of nitrogens with one attached hydrogen (secondary N) is 1. The zero-order valence-corrected chi connectivity index (χ0v) is 15.9. The number of amides is 2. The van der Waals surface area contributed by atoms with Gasteiger partial charge in [-0.2, -0.15) is 0 Å². The predicted octanol–water partition coefficient (Wildman–Crippen LogP) is 3.31. The molecule has 138 valence electrons. The van der Waals surface area contributed by atoms with Crippen LogP contribution in [0.4, 0.5) is 5.69 Å². The highest BCUT2D eigenvalue weighted by Gasteiger charge is 2.23. The number of nitrogens with zero attached hydrogens (tertiary/aromatic N) is 1. The molecule has 0 saturated carbocycles. The Morgan fingerprint density at radius 1 is 1.24 bits per heavy atom. The Labute approximate surface area is 151 Å². The van der Waals surface area contributed by atoms with Crippen LogP contribution in [-0.2, 0) is 16.1 Å². The van der Waals surface area contributed by atoms with Crippen LogP contribution >= 0.6 is 0 Å². The minimum atomic E-state index is -0.505. The Bertz CT molecular complexity index is 618. The van der Waals surface area contributed by atoms with Crippen molar-refractivity contribution in [3.05, 3.63) is 42.0 Å². The molecule has 0 bridgehead atoms. The quantitative estimate of drug-likeness (QED) is 0.674. The van der Waals surface area contributed by atoms with E-state index in [0.717, 1.165) is 29.8 Å². The fourth-order valence-corrected chi connectivity index (χ4v) is 2.43. The summed E-state index contributed by atoms with van der Waals surface area (Å²) in [6.07, 6.45) is 1.24. The van der Waals surface area contributed by atoms with Crippen molar-refractivity contribution < 1.29 is 9.59 Å². The van der Waals surface area contributed by atoms with Crippen LogP contribution in [0, 0.1) is 5.41 Å². The number of anilines is 1. The lowest BCUT2D eigenvalue weighted by molar-refractivity contribution is -0.137. The summed E-state index contributed by atoms with van der Waals surface area (Å²) in [5, 5.41) is 3.38. The SMILES string of the molecule is C=C(C)CCNc1ccccc1CN(CC(N)=O)C(=O)CC(C)(C)C. The number of nitrogens with two attached hydrogens (primary N) is 1. The van der Waals surface area contributed by atoms with Gasteiger partial charge in [-0.05, 0) is 30.4 Å². The molecule has 0 heterocycles. The summed E-state index contributed by atoms with van der Waals surface area (Å²) in [5.41, 5.74) is 8.23. The van der Waals surface area contributed by atoms with E-state index in [4.69, 9.17) is 5.73 Å². The molecule has 0 fully saturated rings. The lowest BCUT2D eigenvalue weighted by Gasteiger charge is -2.26. The molecule has 1 rings (SSSR count). The fourth-order valence-electron chi connectivity index (χ4n) is 2.43. The zero-order chi connectivity index (χ0) is 19.0. The molecule has 0 spiro atoms. The van der Waals surface area contributed by atoms with Gasteiger partial charge in [-0.15, -0.1) is 6.58 Å². The number of primary amides is 1. The Kier molecular flexibility index (Phi) is 7.68. The second-order valence-corrected chi connectivity index (χ2v) is 7.74. The van der Waals surface area contributed by atoms with Crippen LogP contribution in [0.25, 0.3) is 0 Å². The van der Waals surface area contributed by atoms with Crippen LogP contribution in [0.15, 0.2) is 36.4 Å². The molecule has 2 amide bonds. The van der Waals surface area contributed by atoms with Crippen LogP contribution in [-0.4, -0.2) is 29.8 Å². The summed E-state index contributed by atoms with van der Waals surface area (Å²) >= 11 is 0. The molecule has 1 aromatic carbocycles. The number of hydrogen-bond donors (Lipinski definition) is 2. The third-order valence-electron chi connectivity index (χ3n) is 3.63. The van der Waals surface area contributed by atoms with Gasteiger partial charge in [0.2, 0.25) is 11.8 Å². The highest BCUT2D eigenvalue weighted by molar-refractivity contribution is 5.84. The first-order valence-corrected chi connectivity index (χ1v) is 8.61. The molecule has 0 radical (unpaired) electrons. The Balaban J connectivity index is 2.90. The third kappa shape index (κ3) is 8.38. The molecule has 5 nitrogen and oxygen atoms in total. The molecular weight excluding hydrogens is 314 g/mol. The van der Waals surface area contributed by atoms with Crippen LogP contribution in [0.1, 0.15) is 46.1 Å². The Morgan fingerprint density at radius 3 is 2.44 bits per heavy atom. The molecule has 0 aromatic heterocycles. The van der Waals surface area contributed by atoms with Crippen LogP contribution < -0.4 is 11.1 Å². The normalized spacial score (nSPS) is 11.0. The number of carbonyl (C=O) groups is 2. The van der Waals surface area contributed by atoms with Crippen molar-refractivity contribution in [1.29, 1.82) is 0 Å². The van der Waals surface area contributed by atoms with E-state index in [1.54, 1.807) is 0 Å². The maximum atomic E-state index is 12.6. The predicted molar refractivity (Wildman–Crippen MR) is 103 cm³/mol. The molecule has 0 saturated heterocycles. The lowest BCUT2D eigenvalue weighted by Crippen LogP contribution is -2.39. The minimum Gasteiger partial charge on any atom is -0.384 e. The maximum Gasteiger partial charge on any atom is 0.237 e. The number of hydrogen-bond acceptors (Lipinski definition) is 3. The third-order valence-corrected chi connectivity index (χ3v) is 3.63. The molecule has 0 aliphatic carbocycles. The van der Waals surface area contributed by atoms with Crippen molar-refractivity contribution in [2.75, 3.05) is 18.4 Å². The van der Waals surface area contributed by atoms with Gasteiger partial charge >= 0.3 is 0 Å². The van der Waals surface area contributed by atoms with Crippen molar-refractivity contribution in [2.45, 2.75) is 47.1 Å². The van der Waals surface area contributed by atoms with E-state index in [-0.39, 0.29) is 17.9 Å². The first kappa shape index (κ1) is 20.7. The van der Waals surface area contributed by atoms with Crippen molar-refractivity contribution in [2.24, 2.45) is 11.1 Å². The molecule has 0 aliphatic heterocycles. The molecule has 0 aliphatic rings. The second-order valence-electron chi connectivity index (χ2n) is 7.74. The second kappa shape index (κ2) is 9.25. The lowest BCUT2D eigenvalue weighted by atomic mass is 9.91. The average molecular weight is 345 g/mol. The molecule has 3 N–H and O–H groups in total. The van der Waals surface area contributed by atoms with E-state index in [9.17, 15) is 9.59 Å². The molecule has 25 heavy (non-hydrogen) atoms. The number of carbonyl (C=O) groups excluding carboxylic acids is 2. The maximum absolute atomic E-state index is 12.6. The molecule has 1 aromatic rings. The van der Waals surface area contributed by atoms with E-state index in [1.807, 2.05) is 52.0 Å². The van der Waals surface area contributed by atoms with Gasteiger partial charge in [0.1, 0.15) is 0 Å². The Morgan fingerprint density at radius 2 is 1.88 bits per heavy atom. The van der Waals surface area contributed by atoms with E-state index in [0.29, 0.717) is 13.0 Å². The molecule has 0 atom stereocenters.